The molecule has 4 nitrogen and oxygen atoms in total. The van der Waals surface area contributed by atoms with Gasteiger partial charge in [-0.05, 0) is 54.2 Å². The first-order valence-corrected chi connectivity index (χ1v) is 9.26. The third kappa shape index (κ3) is 5.58. The highest BCUT2D eigenvalue weighted by Gasteiger charge is 2.08. The monoisotopic (exact) mass is 365 g/mol. The Bertz CT molecular complexity index is 883. The number of carbonyl (C=O) groups is 1. The number of benzene rings is 2. The van der Waals surface area contributed by atoms with Gasteiger partial charge in [-0.25, -0.2) is 9.07 Å². The van der Waals surface area contributed by atoms with Gasteiger partial charge in [-0.2, -0.15) is 0 Å². The summed E-state index contributed by atoms with van der Waals surface area (Å²) in [5.41, 5.74) is 3.69. The molecule has 0 fully saturated rings. The number of aromatic nitrogens is 3. The normalized spacial score (nSPS) is 11.1. The first-order valence-electron chi connectivity index (χ1n) is 9.26. The van der Waals surface area contributed by atoms with E-state index in [0.29, 0.717) is 18.8 Å². The maximum absolute atomic E-state index is 12.9. The Hall–Kier alpha value is -2.82. The maximum Gasteiger partial charge on any atom is 0.141 e. The Morgan fingerprint density at radius 1 is 1.00 bits per heavy atom. The predicted octanol–water partition coefficient (Wildman–Crippen LogP) is 4.35. The van der Waals surface area contributed by atoms with Gasteiger partial charge < -0.3 is 0 Å². The van der Waals surface area contributed by atoms with Crippen molar-refractivity contribution in [2.24, 2.45) is 5.92 Å². The predicted molar refractivity (Wildman–Crippen MR) is 103 cm³/mol. The van der Waals surface area contributed by atoms with E-state index < -0.39 is 0 Å². The minimum absolute atomic E-state index is 0.103. The molecule has 5 heteroatoms. The van der Waals surface area contributed by atoms with Crippen molar-refractivity contribution >= 4 is 5.78 Å². The van der Waals surface area contributed by atoms with Crippen molar-refractivity contribution in [3.8, 4) is 5.69 Å². The highest BCUT2D eigenvalue weighted by molar-refractivity contribution is 5.83. The number of nitrogens with zero attached hydrogens (tertiary/aromatic N) is 3. The summed E-state index contributed by atoms with van der Waals surface area (Å²) in [7, 11) is 0. The van der Waals surface area contributed by atoms with E-state index in [1.54, 1.807) is 16.8 Å². The lowest BCUT2D eigenvalue weighted by molar-refractivity contribution is -0.117. The van der Waals surface area contributed by atoms with Crippen LogP contribution in [0.5, 0.6) is 0 Å². The van der Waals surface area contributed by atoms with Crippen LogP contribution in [0.25, 0.3) is 5.69 Å². The summed E-state index contributed by atoms with van der Waals surface area (Å²) in [6.45, 7) is 4.39. The van der Waals surface area contributed by atoms with E-state index in [-0.39, 0.29) is 11.6 Å². The summed E-state index contributed by atoms with van der Waals surface area (Å²) in [6.07, 6.45) is 4.64. The summed E-state index contributed by atoms with van der Waals surface area (Å²) >= 11 is 0. The van der Waals surface area contributed by atoms with Gasteiger partial charge in [0.15, 0.2) is 0 Å². The number of aryl methyl sites for hydroxylation is 1. The molecule has 0 unspecified atom stereocenters. The van der Waals surface area contributed by atoms with E-state index in [4.69, 9.17) is 0 Å². The number of halogens is 1. The summed E-state index contributed by atoms with van der Waals surface area (Å²) in [6, 6.07) is 13.8. The molecule has 0 atom stereocenters. The average Bonchev–Trinajstić information content (AvgIpc) is 3.11. The van der Waals surface area contributed by atoms with Crippen LogP contribution in [0.15, 0.2) is 54.7 Å². The highest BCUT2D eigenvalue weighted by Crippen LogP contribution is 2.13. The number of hydrogen-bond donors (Lipinski definition) is 0. The van der Waals surface area contributed by atoms with E-state index in [9.17, 15) is 9.18 Å². The zero-order valence-corrected chi connectivity index (χ0v) is 15.7. The first-order chi connectivity index (χ1) is 13.0. The Kier molecular flexibility index (Phi) is 6.12. The van der Waals surface area contributed by atoms with Crippen molar-refractivity contribution < 1.29 is 9.18 Å². The third-order valence-electron chi connectivity index (χ3n) is 4.44. The lowest BCUT2D eigenvalue weighted by atomic mass is 10.0. The largest absolute Gasteiger partial charge is 0.299 e. The SMILES string of the molecule is CC(C)CCc1cn(-c2ccc(CC(=O)Cc3ccc(F)cc3)cc2)nn1. The van der Waals surface area contributed by atoms with Gasteiger partial charge in [0.25, 0.3) is 0 Å². The van der Waals surface area contributed by atoms with Crippen molar-refractivity contribution in [3.05, 3.63) is 77.4 Å². The highest BCUT2D eigenvalue weighted by atomic mass is 19.1. The maximum atomic E-state index is 12.9. The second kappa shape index (κ2) is 8.71. The van der Waals surface area contributed by atoms with Gasteiger partial charge in [0.05, 0.1) is 17.6 Å². The first kappa shape index (κ1) is 19.0. The van der Waals surface area contributed by atoms with Crippen LogP contribution in [0.1, 0.15) is 37.1 Å². The smallest absolute Gasteiger partial charge is 0.141 e. The van der Waals surface area contributed by atoms with Crippen LogP contribution in [0, 0.1) is 11.7 Å². The Balaban J connectivity index is 1.58. The Morgan fingerprint density at radius 3 is 2.19 bits per heavy atom. The van der Waals surface area contributed by atoms with Crippen LogP contribution in [-0.4, -0.2) is 20.8 Å². The van der Waals surface area contributed by atoms with Gasteiger partial charge in [-0.1, -0.05) is 43.3 Å². The molecule has 0 aliphatic heterocycles. The summed E-state index contributed by atoms with van der Waals surface area (Å²) in [5, 5.41) is 8.41. The number of ketones is 1. The molecule has 3 rings (SSSR count). The molecule has 27 heavy (non-hydrogen) atoms. The number of rotatable bonds is 8. The molecule has 0 saturated heterocycles. The summed E-state index contributed by atoms with van der Waals surface area (Å²) < 4.78 is 14.7. The summed E-state index contributed by atoms with van der Waals surface area (Å²) in [4.78, 5) is 12.2. The van der Waals surface area contributed by atoms with Gasteiger partial charge in [0.2, 0.25) is 0 Å². The lowest BCUT2D eigenvalue weighted by Gasteiger charge is -2.04. The van der Waals surface area contributed by atoms with Crippen LogP contribution in [0.4, 0.5) is 4.39 Å². The van der Waals surface area contributed by atoms with E-state index in [2.05, 4.69) is 24.2 Å². The molecule has 0 aliphatic carbocycles. The van der Waals surface area contributed by atoms with Crippen molar-refractivity contribution in [1.82, 2.24) is 15.0 Å². The second-order valence-corrected chi connectivity index (χ2v) is 7.27. The molecule has 0 radical (unpaired) electrons. The van der Waals surface area contributed by atoms with Crippen molar-refractivity contribution in [3.63, 3.8) is 0 Å². The molecule has 0 bridgehead atoms. The molecule has 140 valence electrons. The van der Waals surface area contributed by atoms with Crippen molar-refractivity contribution in [2.45, 2.75) is 39.5 Å². The third-order valence-corrected chi connectivity index (χ3v) is 4.44. The molecule has 3 aromatic rings. The topological polar surface area (TPSA) is 47.8 Å². The Labute approximate surface area is 159 Å². The molecule has 0 aliphatic rings. The molecule has 0 amide bonds. The van der Waals surface area contributed by atoms with Crippen molar-refractivity contribution in [2.75, 3.05) is 0 Å². The molecule has 2 aromatic carbocycles. The van der Waals surface area contributed by atoms with Gasteiger partial charge in [-0.15, -0.1) is 5.10 Å². The molecule has 0 spiro atoms. The fourth-order valence-corrected chi connectivity index (χ4v) is 2.86. The summed E-state index contributed by atoms with van der Waals surface area (Å²) in [5.74, 6) is 0.454. The van der Waals surface area contributed by atoms with E-state index in [1.165, 1.54) is 12.1 Å². The average molecular weight is 365 g/mol. The quantitative estimate of drug-likeness (QED) is 0.596. The van der Waals surface area contributed by atoms with Crippen molar-refractivity contribution in [1.29, 1.82) is 0 Å². The van der Waals surface area contributed by atoms with Gasteiger partial charge in [-0.3, -0.25) is 4.79 Å². The molecule has 0 N–H and O–H groups in total. The standard InChI is InChI=1S/C22H24FN3O/c1-16(2)3-10-20-15-26(25-24-20)21-11-6-18(7-12-21)14-22(27)13-17-4-8-19(23)9-5-17/h4-9,11-12,15-16H,3,10,13-14H2,1-2H3. The number of carbonyl (C=O) groups excluding carboxylic acids is 1. The minimum Gasteiger partial charge on any atom is -0.299 e. The van der Waals surface area contributed by atoms with Gasteiger partial charge >= 0.3 is 0 Å². The Morgan fingerprint density at radius 2 is 1.59 bits per heavy atom. The van der Waals surface area contributed by atoms with Crippen LogP contribution < -0.4 is 0 Å². The fraction of sp³-hybridized carbons (Fsp3) is 0.318. The van der Waals surface area contributed by atoms with Crippen LogP contribution in [0.3, 0.4) is 0 Å². The zero-order chi connectivity index (χ0) is 19.2. The van der Waals surface area contributed by atoms with Crippen LogP contribution >= 0.6 is 0 Å². The van der Waals surface area contributed by atoms with E-state index in [1.807, 2.05) is 30.5 Å². The van der Waals surface area contributed by atoms with E-state index >= 15 is 0 Å². The fourth-order valence-electron chi connectivity index (χ4n) is 2.86. The number of Topliss-reactive ketones (excluding diaryl/α,β-unsaturated/α-hetero) is 1. The zero-order valence-electron chi connectivity index (χ0n) is 15.7. The molecule has 1 aromatic heterocycles. The molecular formula is C22H24FN3O. The molecule has 0 saturated carbocycles. The van der Waals surface area contributed by atoms with Gasteiger partial charge in [0.1, 0.15) is 11.6 Å². The minimum atomic E-state index is -0.290. The second-order valence-electron chi connectivity index (χ2n) is 7.27. The molecular weight excluding hydrogens is 341 g/mol. The van der Waals surface area contributed by atoms with Crippen LogP contribution in [-0.2, 0) is 24.1 Å². The molecule has 1 heterocycles. The lowest BCUT2D eigenvalue weighted by Crippen LogP contribution is -2.06. The van der Waals surface area contributed by atoms with Crippen LogP contribution in [0.2, 0.25) is 0 Å². The number of hydrogen-bond acceptors (Lipinski definition) is 3. The van der Waals surface area contributed by atoms with E-state index in [0.717, 1.165) is 35.3 Å². The van der Waals surface area contributed by atoms with Gasteiger partial charge in [0, 0.05) is 12.8 Å².